The topological polar surface area (TPSA) is 102 Å². The van der Waals surface area contributed by atoms with Crippen LogP contribution in [0.5, 0.6) is 0 Å². The fourth-order valence-electron chi connectivity index (χ4n) is 0.948. The van der Waals surface area contributed by atoms with Gasteiger partial charge in [0.25, 0.3) is 0 Å². The Morgan fingerprint density at radius 1 is 1.50 bits per heavy atom. The Balaban J connectivity index is 2.40. The maximum atomic E-state index is 11.3. The molecule has 1 heterocycles. The number of carboxylic acids is 1. The largest absolute Gasteiger partial charge is 0.480 e. The van der Waals surface area contributed by atoms with E-state index >= 15 is 0 Å². The third kappa shape index (κ3) is 3.68. The van der Waals surface area contributed by atoms with Crippen molar-refractivity contribution in [1.29, 1.82) is 5.26 Å². The molecule has 0 saturated heterocycles. The third-order valence-electron chi connectivity index (χ3n) is 1.60. The normalized spacial score (nSPS) is 9.44. The van der Waals surface area contributed by atoms with Gasteiger partial charge >= 0.3 is 5.97 Å². The zero-order chi connectivity index (χ0) is 12.0. The van der Waals surface area contributed by atoms with Crippen molar-refractivity contribution >= 4 is 28.2 Å². The number of rotatable bonds is 5. The van der Waals surface area contributed by atoms with E-state index in [0.717, 1.165) is 0 Å². The van der Waals surface area contributed by atoms with Crippen molar-refractivity contribution in [1.82, 2.24) is 5.32 Å². The lowest BCUT2D eigenvalue weighted by Crippen LogP contribution is -2.31. The maximum Gasteiger partial charge on any atom is 0.317 e. The Labute approximate surface area is 95.5 Å². The summed E-state index contributed by atoms with van der Waals surface area (Å²) >= 11 is 1.24. The zero-order valence-corrected chi connectivity index (χ0v) is 9.00. The fourth-order valence-corrected chi connectivity index (χ4v) is 1.70. The number of carbonyl (C=O) groups excluding carboxylic acids is 1. The quantitative estimate of drug-likeness (QED) is 0.682. The second-order valence-electron chi connectivity index (χ2n) is 2.82. The number of nitrogens with one attached hydrogen (secondary N) is 2. The molecule has 0 aliphatic rings. The monoisotopic (exact) mass is 239 g/mol. The van der Waals surface area contributed by atoms with Gasteiger partial charge in [-0.25, -0.2) is 0 Å². The number of hydrogen-bond acceptors (Lipinski definition) is 5. The molecule has 0 aliphatic carbocycles. The summed E-state index contributed by atoms with van der Waals surface area (Å²) in [5.74, 6) is -1.40. The van der Waals surface area contributed by atoms with Crippen LogP contribution in [-0.4, -0.2) is 30.1 Å². The highest BCUT2D eigenvalue weighted by molar-refractivity contribution is 7.14. The molecule has 1 amide bonds. The SMILES string of the molecule is N#Cc1ccsc1NC(=O)CNCC(=O)O. The molecular formula is C9H9N3O3S. The number of thiophene rings is 1. The zero-order valence-electron chi connectivity index (χ0n) is 8.19. The van der Waals surface area contributed by atoms with Gasteiger partial charge in [-0.15, -0.1) is 11.3 Å². The van der Waals surface area contributed by atoms with Crippen molar-refractivity contribution < 1.29 is 14.7 Å². The fraction of sp³-hybridized carbons (Fsp3) is 0.222. The number of hydrogen-bond donors (Lipinski definition) is 3. The summed E-state index contributed by atoms with van der Waals surface area (Å²) in [7, 11) is 0. The second-order valence-corrected chi connectivity index (χ2v) is 3.74. The molecule has 0 spiro atoms. The van der Waals surface area contributed by atoms with Crippen LogP contribution in [0.25, 0.3) is 0 Å². The molecule has 3 N–H and O–H groups in total. The minimum atomic E-state index is -1.03. The Morgan fingerprint density at radius 2 is 2.25 bits per heavy atom. The summed E-state index contributed by atoms with van der Waals surface area (Å²) in [6.45, 7) is -0.377. The predicted molar refractivity (Wildman–Crippen MR) is 58.2 cm³/mol. The summed E-state index contributed by atoms with van der Waals surface area (Å²) in [5, 5.41) is 24.1. The molecule has 0 aliphatic heterocycles. The average molecular weight is 239 g/mol. The Hall–Kier alpha value is -1.91. The summed E-state index contributed by atoms with van der Waals surface area (Å²) in [5.41, 5.74) is 0.400. The van der Waals surface area contributed by atoms with Crippen molar-refractivity contribution in [3.8, 4) is 6.07 Å². The smallest absolute Gasteiger partial charge is 0.317 e. The van der Waals surface area contributed by atoms with Gasteiger partial charge in [-0.1, -0.05) is 0 Å². The minimum Gasteiger partial charge on any atom is -0.480 e. The number of anilines is 1. The van der Waals surface area contributed by atoms with E-state index in [-0.39, 0.29) is 19.0 Å². The Morgan fingerprint density at radius 3 is 2.88 bits per heavy atom. The first kappa shape index (κ1) is 12.2. The van der Waals surface area contributed by atoms with E-state index < -0.39 is 5.97 Å². The predicted octanol–water partition coefficient (Wildman–Crippen LogP) is 0.232. The van der Waals surface area contributed by atoms with Crippen LogP contribution < -0.4 is 10.6 Å². The third-order valence-corrected chi connectivity index (χ3v) is 2.43. The molecule has 1 aromatic rings. The van der Waals surface area contributed by atoms with Crippen molar-refractivity contribution in [3.63, 3.8) is 0 Å². The molecule has 0 aromatic carbocycles. The van der Waals surface area contributed by atoms with Crippen LogP contribution in [0, 0.1) is 11.3 Å². The van der Waals surface area contributed by atoms with Crippen molar-refractivity contribution in [2.45, 2.75) is 0 Å². The van der Waals surface area contributed by atoms with Crippen molar-refractivity contribution in [2.24, 2.45) is 0 Å². The molecular weight excluding hydrogens is 230 g/mol. The van der Waals surface area contributed by atoms with Gasteiger partial charge in [0.05, 0.1) is 18.7 Å². The minimum absolute atomic E-state index is 0.102. The van der Waals surface area contributed by atoms with Crippen LogP contribution in [0.15, 0.2) is 11.4 Å². The Kier molecular flexibility index (Phi) is 4.44. The first-order valence-electron chi connectivity index (χ1n) is 4.33. The standard InChI is InChI=1S/C9H9N3O3S/c10-3-6-1-2-16-9(6)12-7(13)4-11-5-8(14)15/h1-2,11H,4-5H2,(H,12,13)(H,14,15). The van der Waals surface area contributed by atoms with Gasteiger partial charge in [-0.2, -0.15) is 5.26 Å². The molecule has 84 valence electrons. The lowest BCUT2D eigenvalue weighted by Gasteiger charge is -2.03. The average Bonchev–Trinajstić information content (AvgIpc) is 2.64. The molecule has 1 aromatic heterocycles. The van der Waals surface area contributed by atoms with E-state index in [1.807, 2.05) is 6.07 Å². The molecule has 16 heavy (non-hydrogen) atoms. The van der Waals surface area contributed by atoms with Crippen LogP contribution in [0.3, 0.4) is 0 Å². The summed E-state index contributed by atoms with van der Waals surface area (Å²) in [4.78, 5) is 21.5. The van der Waals surface area contributed by atoms with Crippen LogP contribution in [-0.2, 0) is 9.59 Å². The van der Waals surface area contributed by atoms with E-state index in [1.54, 1.807) is 11.4 Å². The summed E-state index contributed by atoms with van der Waals surface area (Å²) < 4.78 is 0. The second kappa shape index (κ2) is 5.85. The van der Waals surface area contributed by atoms with Crippen LogP contribution in [0.1, 0.15) is 5.56 Å². The lowest BCUT2D eigenvalue weighted by molar-refractivity contribution is -0.135. The van der Waals surface area contributed by atoms with Gasteiger partial charge in [0, 0.05) is 0 Å². The van der Waals surface area contributed by atoms with Gasteiger partial charge in [0.15, 0.2) is 0 Å². The highest BCUT2D eigenvalue weighted by Gasteiger charge is 2.08. The van der Waals surface area contributed by atoms with Crippen LogP contribution in [0.4, 0.5) is 5.00 Å². The van der Waals surface area contributed by atoms with Crippen molar-refractivity contribution in [2.75, 3.05) is 18.4 Å². The molecule has 7 heteroatoms. The molecule has 0 fully saturated rings. The lowest BCUT2D eigenvalue weighted by atomic mass is 10.3. The van der Waals surface area contributed by atoms with E-state index in [2.05, 4.69) is 10.6 Å². The maximum absolute atomic E-state index is 11.3. The van der Waals surface area contributed by atoms with Crippen LogP contribution >= 0.6 is 11.3 Å². The summed E-state index contributed by atoms with van der Waals surface area (Å²) in [6, 6.07) is 3.54. The van der Waals surface area contributed by atoms with E-state index in [0.29, 0.717) is 10.6 Å². The number of nitrogens with zero attached hydrogens (tertiary/aromatic N) is 1. The van der Waals surface area contributed by atoms with Gasteiger partial charge in [0.2, 0.25) is 5.91 Å². The van der Waals surface area contributed by atoms with Gasteiger partial charge < -0.3 is 10.4 Å². The number of carboxylic acid groups (broad SMARTS) is 1. The molecule has 0 radical (unpaired) electrons. The van der Waals surface area contributed by atoms with Crippen LogP contribution in [0.2, 0.25) is 0 Å². The van der Waals surface area contributed by atoms with Gasteiger partial charge in [-0.05, 0) is 11.4 Å². The van der Waals surface area contributed by atoms with Gasteiger partial charge in [0.1, 0.15) is 11.1 Å². The summed E-state index contributed by atoms with van der Waals surface area (Å²) in [6.07, 6.45) is 0. The molecule has 6 nitrogen and oxygen atoms in total. The van der Waals surface area contributed by atoms with E-state index in [9.17, 15) is 9.59 Å². The number of amides is 1. The molecule has 0 bridgehead atoms. The Bertz CT molecular complexity index is 435. The van der Waals surface area contributed by atoms with E-state index in [1.165, 1.54) is 11.3 Å². The highest BCUT2D eigenvalue weighted by atomic mass is 32.1. The van der Waals surface area contributed by atoms with Crippen molar-refractivity contribution in [3.05, 3.63) is 17.0 Å². The first-order valence-corrected chi connectivity index (χ1v) is 5.21. The number of carbonyl (C=O) groups is 2. The number of nitriles is 1. The highest BCUT2D eigenvalue weighted by Crippen LogP contribution is 2.21. The molecule has 0 unspecified atom stereocenters. The van der Waals surface area contributed by atoms with E-state index in [4.69, 9.17) is 10.4 Å². The molecule has 1 rings (SSSR count). The number of aliphatic carboxylic acids is 1. The molecule has 0 saturated carbocycles. The van der Waals surface area contributed by atoms with Gasteiger partial charge in [-0.3, -0.25) is 14.9 Å². The first-order chi connectivity index (χ1) is 7.63. The molecule has 0 atom stereocenters.